The van der Waals surface area contributed by atoms with Crippen molar-refractivity contribution in [3.63, 3.8) is 0 Å². The standard InChI is InChI=1S/C13H14F3NO4/c1-6-7-5-21-12(19)11(7)8(3-9(6)20-2)17-4-10(18)13(14,15)16/h3,12,17,19H,4-5H2,1-2H3. The maximum Gasteiger partial charge on any atom is 0.451 e. The first-order valence-corrected chi connectivity index (χ1v) is 6.09. The second-order valence-electron chi connectivity index (χ2n) is 4.58. The lowest BCUT2D eigenvalue weighted by atomic mass is 10.0. The average molecular weight is 305 g/mol. The molecule has 1 aliphatic rings. The van der Waals surface area contributed by atoms with E-state index in [9.17, 15) is 23.1 Å². The summed E-state index contributed by atoms with van der Waals surface area (Å²) in [6, 6.07) is 1.44. The van der Waals surface area contributed by atoms with Crippen LogP contribution in [0.2, 0.25) is 0 Å². The number of hydrogen-bond donors (Lipinski definition) is 2. The van der Waals surface area contributed by atoms with Gasteiger partial charge in [0, 0.05) is 17.3 Å². The van der Waals surface area contributed by atoms with Crippen LogP contribution in [0.25, 0.3) is 0 Å². The Kier molecular flexibility index (Phi) is 4.11. The number of halogens is 3. The lowest BCUT2D eigenvalue weighted by Crippen LogP contribution is -2.29. The molecule has 0 amide bonds. The van der Waals surface area contributed by atoms with Crippen molar-refractivity contribution in [1.82, 2.24) is 0 Å². The molecule has 1 heterocycles. The summed E-state index contributed by atoms with van der Waals surface area (Å²) in [5.74, 6) is -1.46. The number of Topliss-reactive ketones (excluding diaryl/α,β-unsaturated/α-hetero) is 1. The molecule has 1 aromatic carbocycles. The maximum absolute atomic E-state index is 12.2. The number of ketones is 1. The van der Waals surface area contributed by atoms with Gasteiger partial charge in [-0.25, -0.2) is 0 Å². The monoisotopic (exact) mass is 305 g/mol. The zero-order valence-corrected chi connectivity index (χ0v) is 11.4. The molecule has 0 saturated heterocycles. The normalized spacial score (nSPS) is 17.5. The molecule has 1 aromatic rings. The third-order valence-electron chi connectivity index (χ3n) is 3.32. The largest absolute Gasteiger partial charge is 0.496 e. The summed E-state index contributed by atoms with van der Waals surface area (Å²) in [7, 11) is 1.42. The number of hydrogen-bond acceptors (Lipinski definition) is 5. The van der Waals surface area contributed by atoms with E-state index in [0.717, 1.165) is 5.56 Å². The Morgan fingerprint density at radius 2 is 2.24 bits per heavy atom. The predicted molar refractivity (Wildman–Crippen MR) is 67.0 cm³/mol. The molecular weight excluding hydrogens is 291 g/mol. The number of nitrogens with one attached hydrogen (secondary N) is 1. The van der Waals surface area contributed by atoms with E-state index in [1.54, 1.807) is 6.92 Å². The van der Waals surface area contributed by atoms with Crippen LogP contribution in [0.15, 0.2) is 6.07 Å². The fraction of sp³-hybridized carbons (Fsp3) is 0.462. The Balaban J connectivity index is 2.32. The van der Waals surface area contributed by atoms with Gasteiger partial charge < -0.3 is 19.9 Å². The minimum absolute atomic E-state index is 0.126. The summed E-state index contributed by atoms with van der Waals surface area (Å²) in [5.41, 5.74) is 1.90. The van der Waals surface area contributed by atoms with Gasteiger partial charge in [-0.15, -0.1) is 0 Å². The van der Waals surface area contributed by atoms with Gasteiger partial charge in [0.25, 0.3) is 5.78 Å². The molecule has 2 rings (SSSR count). The van der Waals surface area contributed by atoms with Gasteiger partial charge in [0.15, 0.2) is 6.29 Å². The lowest BCUT2D eigenvalue weighted by Gasteiger charge is -2.17. The molecule has 2 N–H and O–H groups in total. The molecule has 0 fully saturated rings. The molecule has 21 heavy (non-hydrogen) atoms. The van der Waals surface area contributed by atoms with Crippen molar-refractivity contribution in [3.8, 4) is 5.75 Å². The molecule has 8 heteroatoms. The minimum Gasteiger partial charge on any atom is -0.496 e. The van der Waals surface area contributed by atoms with Crippen LogP contribution in [0.1, 0.15) is 23.0 Å². The zero-order valence-electron chi connectivity index (χ0n) is 11.4. The van der Waals surface area contributed by atoms with Gasteiger partial charge in [0.1, 0.15) is 5.75 Å². The number of aliphatic hydroxyl groups excluding tert-OH is 1. The van der Waals surface area contributed by atoms with Crippen molar-refractivity contribution < 1.29 is 32.5 Å². The highest BCUT2D eigenvalue weighted by atomic mass is 19.4. The van der Waals surface area contributed by atoms with Gasteiger partial charge >= 0.3 is 6.18 Å². The molecule has 0 spiro atoms. The SMILES string of the molecule is COc1cc(NCC(=O)C(F)(F)F)c2c(c1C)COC2O. The van der Waals surface area contributed by atoms with Crippen LogP contribution in [-0.4, -0.2) is 30.7 Å². The van der Waals surface area contributed by atoms with E-state index in [0.29, 0.717) is 16.9 Å². The van der Waals surface area contributed by atoms with E-state index in [1.165, 1.54) is 13.2 Å². The van der Waals surface area contributed by atoms with Crippen molar-refractivity contribution in [2.75, 3.05) is 19.0 Å². The number of methoxy groups -OCH3 is 1. The smallest absolute Gasteiger partial charge is 0.451 e. The Labute approximate surface area is 118 Å². The third-order valence-corrected chi connectivity index (χ3v) is 3.32. The van der Waals surface area contributed by atoms with Gasteiger partial charge in [0.05, 0.1) is 20.3 Å². The maximum atomic E-state index is 12.2. The summed E-state index contributed by atoms with van der Waals surface area (Å²) < 4.78 is 46.9. The van der Waals surface area contributed by atoms with E-state index in [4.69, 9.17) is 9.47 Å². The second kappa shape index (κ2) is 5.53. The number of rotatable bonds is 4. The molecule has 1 atom stereocenters. The number of aliphatic hydroxyl groups is 1. The van der Waals surface area contributed by atoms with Crippen LogP contribution < -0.4 is 10.1 Å². The van der Waals surface area contributed by atoms with Crippen molar-refractivity contribution >= 4 is 11.5 Å². The zero-order chi connectivity index (χ0) is 15.8. The second-order valence-corrected chi connectivity index (χ2v) is 4.58. The van der Waals surface area contributed by atoms with Crippen molar-refractivity contribution in [2.45, 2.75) is 26.0 Å². The highest BCUT2D eigenvalue weighted by molar-refractivity contribution is 5.88. The number of benzene rings is 1. The third kappa shape index (κ3) is 2.96. The van der Waals surface area contributed by atoms with E-state index >= 15 is 0 Å². The molecule has 5 nitrogen and oxygen atoms in total. The summed E-state index contributed by atoms with van der Waals surface area (Å²) in [6.45, 7) is 0.958. The number of ether oxygens (including phenoxy) is 2. The van der Waals surface area contributed by atoms with E-state index in [1.807, 2.05) is 0 Å². The average Bonchev–Trinajstić information content (AvgIpc) is 2.79. The number of fused-ring (bicyclic) bond motifs is 1. The molecule has 0 aromatic heterocycles. The number of carbonyl (C=O) groups is 1. The summed E-state index contributed by atoms with van der Waals surface area (Å²) in [4.78, 5) is 10.9. The molecule has 0 bridgehead atoms. The fourth-order valence-electron chi connectivity index (χ4n) is 2.18. The van der Waals surface area contributed by atoms with Crippen LogP contribution >= 0.6 is 0 Å². The van der Waals surface area contributed by atoms with Gasteiger partial charge in [-0.3, -0.25) is 4.79 Å². The Bertz CT molecular complexity index is 572. The Hall–Kier alpha value is -1.80. The summed E-state index contributed by atoms with van der Waals surface area (Å²) in [6.07, 6.45) is -6.15. The van der Waals surface area contributed by atoms with Crippen LogP contribution in [0.3, 0.4) is 0 Å². The first-order valence-electron chi connectivity index (χ1n) is 6.09. The van der Waals surface area contributed by atoms with Crippen LogP contribution in [0.5, 0.6) is 5.75 Å². The lowest BCUT2D eigenvalue weighted by molar-refractivity contribution is -0.168. The molecular formula is C13H14F3NO4. The quantitative estimate of drug-likeness (QED) is 0.891. The minimum atomic E-state index is -4.90. The molecule has 116 valence electrons. The molecule has 1 unspecified atom stereocenters. The topological polar surface area (TPSA) is 67.8 Å². The number of alkyl halides is 3. The highest BCUT2D eigenvalue weighted by Crippen LogP contribution is 2.40. The first kappa shape index (κ1) is 15.6. The van der Waals surface area contributed by atoms with Crippen LogP contribution in [-0.2, 0) is 16.1 Å². The molecule has 0 saturated carbocycles. The van der Waals surface area contributed by atoms with Crippen molar-refractivity contribution in [3.05, 3.63) is 22.8 Å². The van der Waals surface area contributed by atoms with Crippen molar-refractivity contribution in [2.24, 2.45) is 0 Å². The van der Waals surface area contributed by atoms with Gasteiger partial charge in [-0.2, -0.15) is 13.2 Å². The number of anilines is 1. The summed E-state index contributed by atoms with van der Waals surface area (Å²) >= 11 is 0. The Morgan fingerprint density at radius 3 is 2.81 bits per heavy atom. The highest BCUT2D eigenvalue weighted by Gasteiger charge is 2.38. The molecule has 0 aliphatic carbocycles. The Morgan fingerprint density at radius 1 is 1.57 bits per heavy atom. The van der Waals surface area contributed by atoms with Gasteiger partial charge in [-0.05, 0) is 18.1 Å². The fourth-order valence-corrected chi connectivity index (χ4v) is 2.18. The molecule has 1 aliphatic heterocycles. The van der Waals surface area contributed by atoms with Crippen LogP contribution in [0, 0.1) is 6.92 Å². The summed E-state index contributed by atoms with van der Waals surface area (Å²) in [5, 5.41) is 12.2. The van der Waals surface area contributed by atoms with Crippen molar-refractivity contribution in [1.29, 1.82) is 0 Å². The number of carbonyl (C=O) groups excluding carboxylic acids is 1. The molecule has 0 radical (unpaired) electrons. The van der Waals surface area contributed by atoms with E-state index in [-0.39, 0.29) is 12.3 Å². The van der Waals surface area contributed by atoms with Gasteiger partial charge in [0.2, 0.25) is 0 Å². The van der Waals surface area contributed by atoms with Crippen LogP contribution in [0.4, 0.5) is 18.9 Å². The first-order chi connectivity index (χ1) is 9.75. The van der Waals surface area contributed by atoms with E-state index in [2.05, 4.69) is 5.32 Å². The van der Waals surface area contributed by atoms with Gasteiger partial charge in [-0.1, -0.05) is 0 Å². The van der Waals surface area contributed by atoms with E-state index < -0.39 is 24.8 Å². The predicted octanol–water partition coefficient (Wildman–Crippen LogP) is 2.07.